The van der Waals surface area contributed by atoms with Gasteiger partial charge in [0.15, 0.2) is 0 Å². The fourth-order valence-corrected chi connectivity index (χ4v) is 3.61. The Balaban J connectivity index is 1.56. The molecule has 1 unspecified atom stereocenters. The van der Waals surface area contributed by atoms with Crippen LogP contribution in [0, 0.1) is 6.92 Å². The Kier molecular flexibility index (Phi) is 5.54. The smallest absolute Gasteiger partial charge is 0.251 e. The van der Waals surface area contributed by atoms with E-state index >= 15 is 0 Å². The molecule has 0 radical (unpaired) electrons. The average Bonchev–Trinajstić information content (AvgIpc) is 3.22. The highest BCUT2D eigenvalue weighted by Gasteiger charge is 2.16. The second-order valence-corrected chi connectivity index (χ2v) is 7.41. The minimum Gasteiger partial charge on any atom is -0.396 e. The molecular weight excluding hydrogens is 360 g/mol. The molecule has 1 heterocycles. The van der Waals surface area contributed by atoms with Gasteiger partial charge in [0.05, 0.1) is 12.6 Å². The number of rotatable bonds is 6. The lowest BCUT2D eigenvalue weighted by molar-refractivity contribution is 0.0930. The number of aliphatic hydroxyl groups excluding tert-OH is 1. The number of carbonyl (C=O) groups is 1. The molecule has 0 aliphatic carbocycles. The maximum Gasteiger partial charge on any atom is 0.251 e. The predicted octanol–water partition coefficient (Wildman–Crippen LogP) is 4.45. The molecule has 0 bridgehead atoms. The molecule has 29 heavy (non-hydrogen) atoms. The molecule has 4 heteroatoms. The number of amides is 1. The van der Waals surface area contributed by atoms with Crippen molar-refractivity contribution in [3.63, 3.8) is 0 Å². The van der Waals surface area contributed by atoms with Crippen molar-refractivity contribution in [2.75, 3.05) is 6.61 Å². The van der Waals surface area contributed by atoms with Crippen molar-refractivity contribution in [3.05, 3.63) is 94.5 Å². The van der Waals surface area contributed by atoms with Gasteiger partial charge in [-0.3, -0.25) is 9.79 Å². The van der Waals surface area contributed by atoms with Gasteiger partial charge in [-0.1, -0.05) is 54.1 Å². The molecule has 0 fully saturated rings. The van der Waals surface area contributed by atoms with Gasteiger partial charge >= 0.3 is 0 Å². The van der Waals surface area contributed by atoms with E-state index in [-0.39, 0.29) is 18.6 Å². The largest absolute Gasteiger partial charge is 0.396 e. The third-order valence-electron chi connectivity index (χ3n) is 5.30. The highest BCUT2D eigenvalue weighted by atomic mass is 16.3. The van der Waals surface area contributed by atoms with E-state index in [1.165, 1.54) is 5.56 Å². The Bertz CT molecular complexity index is 1050. The predicted molar refractivity (Wildman–Crippen MR) is 116 cm³/mol. The fourth-order valence-electron chi connectivity index (χ4n) is 3.61. The van der Waals surface area contributed by atoms with E-state index in [2.05, 4.69) is 28.5 Å². The van der Waals surface area contributed by atoms with Crippen LogP contribution in [-0.4, -0.2) is 23.8 Å². The van der Waals surface area contributed by atoms with E-state index in [9.17, 15) is 9.90 Å². The lowest BCUT2D eigenvalue weighted by atomic mass is 9.98. The molecule has 0 saturated heterocycles. The maximum absolute atomic E-state index is 12.9. The Hall–Kier alpha value is -3.24. The zero-order valence-electron chi connectivity index (χ0n) is 16.4. The number of benzene rings is 3. The second-order valence-electron chi connectivity index (χ2n) is 7.41. The SMILES string of the molecule is Cc1ccc(C(CCO)NC(=O)c2cccc(-c3ccc4c(c3)C=NC4)c2)cc1. The molecule has 1 aliphatic heterocycles. The molecular formula is C25H24N2O2. The molecule has 1 atom stereocenters. The van der Waals surface area contributed by atoms with Crippen molar-refractivity contribution in [1.29, 1.82) is 0 Å². The Morgan fingerprint density at radius 1 is 1.07 bits per heavy atom. The van der Waals surface area contributed by atoms with Crippen LogP contribution in [0.4, 0.5) is 0 Å². The van der Waals surface area contributed by atoms with Crippen LogP contribution in [0.2, 0.25) is 0 Å². The molecule has 0 spiro atoms. The maximum atomic E-state index is 12.9. The first-order valence-electron chi connectivity index (χ1n) is 9.85. The molecule has 0 aromatic heterocycles. The molecule has 2 N–H and O–H groups in total. The molecule has 0 saturated carbocycles. The van der Waals surface area contributed by atoms with Crippen LogP contribution in [0.25, 0.3) is 11.1 Å². The first kappa shape index (κ1) is 19.1. The summed E-state index contributed by atoms with van der Waals surface area (Å²) in [5.41, 5.74) is 7.19. The third-order valence-corrected chi connectivity index (χ3v) is 5.30. The van der Waals surface area contributed by atoms with E-state index in [0.717, 1.165) is 34.4 Å². The minimum atomic E-state index is -0.229. The van der Waals surface area contributed by atoms with E-state index in [0.29, 0.717) is 12.0 Å². The van der Waals surface area contributed by atoms with Crippen LogP contribution in [0.1, 0.15) is 45.1 Å². The number of aliphatic imine (C=N–C) groups is 1. The average molecular weight is 384 g/mol. The van der Waals surface area contributed by atoms with Gasteiger partial charge < -0.3 is 10.4 Å². The molecule has 1 amide bonds. The van der Waals surface area contributed by atoms with Crippen molar-refractivity contribution >= 4 is 12.1 Å². The van der Waals surface area contributed by atoms with Gasteiger partial charge in [0.25, 0.3) is 5.91 Å². The van der Waals surface area contributed by atoms with Crippen LogP contribution >= 0.6 is 0 Å². The Labute approximate surface area is 170 Å². The number of aliphatic hydroxyl groups is 1. The van der Waals surface area contributed by atoms with Gasteiger partial charge in [-0.2, -0.15) is 0 Å². The van der Waals surface area contributed by atoms with Crippen LogP contribution < -0.4 is 5.32 Å². The van der Waals surface area contributed by atoms with E-state index < -0.39 is 0 Å². The summed E-state index contributed by atoms with van der Waals surface area (Å²) in [7, 11) is 0. The second kappa shape index (κ2) is 8.41. The normalized spacial score (nSPS) is 13.2. The summed E-state index contributed by atoms with van der Waals surface area (Å²) in [6.07, 6.45) is 2.37. The number of nitrogens with one attached hydrogen (secondary N) is 1. The highest BCUT2D eigenvalue weighted by molar-refractivity contribution is 5.96. The van der Waals surface area contributed by atoms with Crippen molar-refractivity contribution < 1.29 is 9.90 Å². The van der Waals surface area contributed by atoms with E-state index in [1.807, 2.05) is 61.7 Å². The quantitative estimate of drug-likeness (QED) is 0.660. The lowest BCUT2D eigenvalue weighted by Crippen LogP contribution is -2.29. The summed E-state index contributed by atoms with van der Waals surface area (Å²) in [5, 5.41) is 12.5. The molecule has 1 aliphatic rings. The molecule has 4 nitrogen and oxygen atoms in total. The zero-order chi connectivity index (χ0) is 20.2. The first-order valence-corrected chi connectivity index (χ1v) is 9.85. The standard InChI is InChI=1S/C25H24N2O2/c1-17-5-7-18(8-6-17)24(11-12-28)27-25(29)21-4-2-3-19(13-21)20-9-10-22-15-26-16-23(22)14-20/h2-10,13-14,16,24,28H,11-12,15H2,1H3,(H,27,29). The van der Waals surface area contributed by atoms with Gasteiger partial charge in [0.1, 0.15) is 0 Å². The van der Waals surface area contributed by atoms with Crippen LogP contribution in [0.15, 0.2) is 71.7 Å². The molecule has 146 valence electrons. The van der Waals surface area contributed by atoms with Crippen LogP contribution in [0.5, 0.6) is 0 Å². The van der Waals surface area contributed by atoms with Crippen molar-refractivity contribution in [1.82, 2.24) is 5.32 Å². The summed E-state index contributed by atoms with van der Waals surface area (Å²) in [6, 6.07) is 21.7. The topological polar surface area (TPSA) is 61.7 Å². The Morgan fingerprint density at radius 2 is 1.86 bits per heavy atom. The number of hydrogen-bond acceptors (Lipinski definition) is 3. The lowest BCUT2D eigenvalue weighted by Gasteiger charge is -2.19. The van der Waals surface area contributed by atoms with E-state index in [4.69, 9.17) is 0 Å². The van der Waals surface area contributed by atoms with Crippen LogP contribution in [0.3, 0.4) is 0 Å². The Morgan fingerprint density at radius 3 is 2.66 bits per heavy atom. The van der Waals surface area contributed by atoms with Crippen LogP contribution in [-0.2, 0) is 6.54 Å². The number of hydrogen-bond donors (Lipinski definition) is 2. The monoisotopic (exact) mass is 384 g/mol. The van der Waals surface area contributed by atoms with Gasteiger partial charge in [0, 0.05) is 18.4 Å². The number of nitrogens with zero attached hydrogens (tertiary/aromatic N) is 1. The van der Waals surface area contributed by atoms with Crippen molar-refractivity contribution in [2.24, 2.45) is 4.99 Å². The molecule has 4 rings (SSSR count). The fraction of sp³-hybridized carbons (Fsp3) is 0.200. The first-order chi connectivity index (χ1) is 14.1. The minimum absolute atomic E-state index is 0.00947. The zero-order valence-corrected chi connectivity index (χ0v) is 16.4. The number of carbonyl (C=O) groups excluding carboxylic acids is 1. The number of aryl methyl sites for hydroxylation is 1. The number of fused-ring (bicyclic) bond motifs is 1. The summed E-state index contributed by atoms with van der Waals surface area (Å²) in [5.74, 6) is -0.145. The summed E-state index contributed by atoms with van der Waals surface area (Å²) >= 11 is 0. The summed E-state index contributed by atoms with van der Waals surface area (Å²) < 4.78 is 0. The molecule has 3 aromatic carbocycles. The summed E-state index contributed by atoms with van der Waals surface area (Å²) in [4.78, 5) is 17.2. The van der Waals surface area contributed by atoms with Gasteiger partial charge in [-0.25, -0.2) is 0 Å². The van der Waals surface area contributed by atoms with Gasteiger partial charge in [0.2, 0.25) is 0 Å². The van der Waals surface area contributed by atoms with Gasteiger partial charge in [-0.15, -0.1) is 0 Å². The van der Waals surface area contributed by atoms with Gasteiger partial charge in [-0.05, 0) is 59.4 Å². The van der Waals surface area contributed by atoms with Crippen molar-refractivity contribution in [2.45, 2.75) is 25.9 Å². The highest BCUT2D eigenvalue weighted by Crippen LogP contribution is 2.26. The van der Waals surface area contributed by atoms with E-state index in [1.54, 1.807) is 0 Å². The van der Waals surface area contributed by atoms with Crippen molar-refractivity contribution in [3.8, 4) is 11.1 Å². The summed E-state index contributed by atoms with van der Waals surface area (Å²) in [6.45, 7) is 2.78. The third kappa shape index (κ3) is 4.28. The molecule has 3 aromatic rings.